The number of halogens is 1. The summed E-state index contributed by atoms with van der Waals surface area (Å²) < 4.78 is 15.4. The number of imidazole rings is 1. The van der Waals surface area contributed by atoms with Gasteiger partial charge < -0.3 is 9.40 Å². The molecule has 0 bridgehead atoms. The van der Waals surface area contributed by atoms with Gasteiger partial charge in [0.1, 0.15) is 12.8 Å². The molecule has 112 valence electrons. The van der Waals surface area contributed by atoms with Gasteiger partial charge in [0.2, 0.25) is 0 Å². The minimum atomic E-state index is -1.25. The first-order chi connectivity index (χ1) is 10.7. The van der Waals surface area contributed by atoms with Crippen LogP contribution in [0.2, 0.25) is 0 Å². The van der Waals surface area contributed by atoms with Crippen LogP contribution < -0.4 is 0 Å². The Bertz CT molecular complexity index is 720. The second-order valence-electron chi connectivity index (χ2n) is 5.25. The predicted molar refractivity (Wildman–Crippen MR) is 82.2 cm³/mol. The van der Waals surface area contributed by atoms with E-state index in [0.717, 1.165) is 16.8 Å². The van der Waals surface area contributed by atoms with Crippen molar-refractivity contribution in [2.45, 2.75) is 25.1 Å². The molecule has 0 atom stereocenters. The lowest BCUT2D eigenvalue weighted by Crippen LogP contribution is -2.11. The minimum Gasteiger partial charge on any atom is -0.399 e. The van der Waals surface area contributed by atoms with E-state index in [1.165, 1.54) is 7.11 Å². The van der Waals surface area contributed by atoms with Gasteiger partial charge in [-0.15, -0.1) is 0 Å². The van der Waals surface area contributed by atoms with E-state index in [1.807, 2.05) is 35.0 Å². The number of benzene rings is 1. The lowest BCUT2D eigenvalue weighted by molar-refractivity contribution is 0.212. The highest BCUT2D eigenvalue weighted by Gasteiger charge is 2.41. The Balaban J connectivity index is 1.76. The van der Waals surface area contributed by atoms with Crippen LogP contribution >= 0.6 is 0 Å². The molecule has 0 aliphatic heterocycles. The van der Waals surface area contributed by atoms with Gasteiger partial charge in [0.15, 0.2) is 5.67 Å². The molecule has 22 heavy (non-hydrogen) atoms. The van der Waals surface area contributed by atoms with Crippen molar-refractivity contribution < 1.29 is 9.23 Å². The molecule has 5 heteroatoms. The third-order valence-electron chi connectivity index (χ3n) is 3.43. The normalized spacial score (nSPS) is 15.8. The highest BCUT2D eigenvalue weighted by Crippen LogP contribution is 2.38. The first-order valence-electron chi connectivity index (χ1n) is 7.07. The fourth-order valence-electron chi connectivity index (χ4n) is 2.00. The van der Waals surface area contributed by atoms with E-state index in [2.05, 4.69) is 22.0 Å². The van der Waals surface area contributed by atoms with Crippen LogP contribution in [0.3, 0.4) is 0 Å². The summed E-state index contributed by atoms with van der Waals surface area (Å²) in [5, 5.41) is 4.07. The third-order valence-corrected chi connectivity index (χ3v) is 3.43. The highest BCUT2D eigenvalue weighted by atomic mass is 19.1. The second-order valence-corrected chi connectivity index (χ2v) is 5.25. The Morgan fingerprint density at radius 2 is 2.18 bits per heavy atom. The summed E-state index contributed by atoms with van der Waals surface area (Å²) >= 11 is 0. The second kappa shape index (κ2) is 6.02. The Kier molecular flexibility index (Phi) is 3.92. The molecule has 1 saturated carbocycles. The molecule has 0 unspecified atom stereocenters. The molecule has 2 aromatic rings. The zero-order valence-corrected chi connectivity index (χ0v) is 12.3. The van der Waals surface area contributed by atoms with Crippen LogP contribution in [-0.2, 0) is 11.4 Å². The van der Waals surface area contributed by atoms with Crippen molar-refractivity contribution >= 4 is 5.71 Å². The van der Waals surface area contributed by atoms with E-state index in [9.17, 15) is 4.39 Å². The lowest BCUT2D eigenvalue weighted by atomic mass is 10.1. The maximum Gasteiger partial charge on any atom is 0.171 e. The quantitative estimate of drug-likeness (QED) is 0.494. The van der Waals surface area contributed by atoms with Crippen molar-refractivity contribution in [2.24, 2.45) is 5.16 Å². The Morgan fingerprint density at radius 3 is 2.77 bits per heavy atom. The summed E-state index contributed by atoms with van der Waals surface area (Å²) in [7, 11) is 1.52. The summed E-state index contributed by atoms with van der Waals surface area (Å²) in [6.45, 7) is 0.562. The summed E-state index contributed by atoms with van der Waals surface area (Å²) in [4.78, 5) is 8.92. The van der Waals surface area contributed by atoms with E-state index in [-0.39, 0.29) is 0 Å². The molecule has 0 saturated heterocycles. The number of hydrogen-bond acceptors (Lipinski definition) is 3. The molecule has 1 heterocycles. The Labute approximate surface area is 128 Å². The molecule has 4 nitrogen and oxygen atoms in total. The lowest BCUT2D eigenvalue weighted by Gasteiger charge is -2.07. The standard InChI is InChI=1S/C17H16FN3O/c1-22-20-16(12-21-11-10-19-13-21)15-4-2-14(3-5-15)6-7-17(18)8-9-17/h2-5,10-11,13H,8-9,12H2,1H3/b20-16+. The van der Waals surface area contributed by atoms with Crippen LogP contribution in [0.5, 0.6) is 0 Å². The third kappa shape index (κ3) is 3.53. The summed E-state index contributed by atoms with van der Waals surface area (Å²) in [5.41, 5.74) is 1.27. The average molecular weight is 297 g/mol. The Hall–Kier alpha value is -2.61. The van der Waals surface area contributed by atoms with Gasteiger partial charge >= 0.3 is 0 Å². The maximum atomic E-state index is 13.5. The number of rotatable bonds is 4. The van der Waals surface area contributed by atoms with Crippen molar-refractivity contribution in [3.8, 4) is 11.8 Å². The molecule has 1 aliphatic rings. The van der Waals surface area contributed by atoms with E-state index < -0.39 is 5.67 Å². The molecule has 3 rings (SSSR count). The fourth-order valence-corrected chi connectivity index (χ4v) is 2.00. The maximum absolute atomic E-state index is 13.5. The summed E-state index contributed by atoms with van der Waals surface area (Å²) in [6, 6.07) is 7.56. The average Bonchev–Trinajstić information content (AvgIpc) is 3.05. The molecule has 1 aliphatic carbocycles. The van der Waals surface area contributed by atoms with Crippen molar-refractivity contribution in [3.05, 3.63) is 54.1 Å². The van der Waals surface area contributed by atoms with E-state index in [0.29, 0.717) is 19.4 Å². The van der Waals surface area contributed by atoms with Crippen LogP contribution in [0.15, 0.2) is 48.1 Å². The molecule has 0 amide bonds. The number of aromatic nitrogens is 2. The molecular formula is C17H16FN3O. The SMILES string of the molecule is CO/N=C(\Cn1ccnc1)c1ccc(C#CC2(F)CC2)cc1. The molecule has 1 fully saturated rings. The fraction of sp³-hybridized carbons (Fsp3) is 0.294. The van der Waals surface area contributed by atoms with Gasteiger partial charge in [0.05, 0.1) is 12.9 Å². The first-order valence-corrected chi connectivity index (χ1v) is 7.07. The smallest absolute Gasteiger partial charge is 0.171 e. The highest BCUT2D eigenvalue weighted by molar-refractivity contribution is 6.00. The van der Waals surface area contributed by atoms with Gasteiger partial charge in [0.25, 0.3) is 0 Å². The van der Waals surface area contributed by atoms with Gasteiger partial charge in [0, 0.05) is 23.5 Å². The van der Waals surface area contributed by atoms with E-state index in [1.54, 1.807) is 12.5 Å². The van der Waals surface area contributed by atoms with Gasteiger partial charge in [-0.25, -0.2) is 9.37 Å². The number of oxime groups is 1. The first kappa shape index (κ1) is 14.3. The molecule has 0 radical (unpaired) electrons. The molecule has 1 aromatic heterocycles. The van der Waals surface area contributed by atoms with Crippen molar-refractivity contribution in [1.29, 1.82) is 0 Å². The molecule has 1 aromatic carbocycles. The monoisotopic (exact) mass is 297 g/mol. The van der Waals surface area contributed by atoms with Crippen LogP contribution in [0.1, 0.15) is 24.0 Å². The van der Waals surface area contributed by atoms with Crippen LogP contribution in [0, 0.1) is 11.8 Å². The van der Waals surface area contributed by atoms with Gasteiger partial charge in [-0.05, 0) is 25.0 Å². The van der Waals surface area contributed by atoms with E-state index >= 15 is 0 Å². The number of alkyl halides is 1. The van der Waals surface area contributed by atoms with Gasteiger partial charge in [-0.3, -0.25) is 0 Å². The molecule has 0 spiro atoms. The summed E-state index contributed by atoms with van der Waals surface area (Å²) in [6.07, 6.45) is 6.40. The number of hydrogen-bond donors (Lipinski definition) is 0. The zero-order valence-electron chi connectivity index (χ0n) is 12.3. The van der Waals surface area contributed by atoms with Crippen LogP contribution in [0.4, 0.5) is 4.39 Å². The zero-order chi connectivity index (χ0) is 15.4. The number of nitrogens with zero attached hydrogens (tertiary/aromatic N) is 3. The predicted octanol–water partition coefficient (Wildman–Crippen LogP) is 2.79. The van der Waals surface area contributed by atoms with E-state index in [4.69, 9.17) is 4.84 Å². The van der Waals surface area contributed by atoms with Crippen molar-refractivity contribution in [1.82, 2.24) is 9.55 Å². The van der Waals surface area contributed by atoms with Gasteiger partial charge in [-0.2, -0.15) is 0 Å². The van der Waals surface area contributed by atoms with Gasteiger partial charge in [-0.1, -0.05) is 29.1 Å². The van der Waals surface area contributed by atoms with Crippen LogP contribution in [-0.4, -0.2) is 28.0 Å². The summed E-state index contributed by atoms with van der Waals surface area (Å²) in [5.74, 6) is 5.55. The molecule has 0 N–H and O–H groups in total. The minimum absolute atomic E-state index is 0.549. The van der Waals surface area contributed by atoms with Crippen molar-refractivity contribution in [2.75, 3.05) is 7.11 Å². The molecular weight excluding hydrogens is 281 g/mol. The van der Waals surface area contributed by atoms with Crippen LogP contribution in [0.25, 0.3) is 0 Å². The Morgan fingerprint density at radius 1 is 1.41 bits per heavy atom. The largest absolute Gasteiger partial charge is 0.399 e. The topological polar surface area (TPSA) is 39.4 Å². The van der Waals surface area contributed by atoms with Crippen molar-refractivity contribution in [3.63, 3.8) is 0 Å².